The van der Waals surface area contributed by atoms with E-state index >= 15 is 0 Å². The first kappa shape index (κ1) is 21.2. The molecule has 2 amide bonds. The van der Waals surface area contributed by atoms with Crippen LogP contribution in [-0.4, -0.2) is 60.2 Å². The van der Waals surface area contributed by atoms with Crippen LogP contribution >= 0.6 is 0 Å². The minimum Gasteiger partial charge on any atom is -0.387 e. The van der Waals surface area contributed by atoms with Crippen LogP contribution in [0.2, 0.25) is 0 Å². The van der Waals surface area contributed by atoms with Gasteiger partial charge in [-0.1, -0.05) is 0 Å². The summed E-state index contributed by atoms with van der Waals surface area (Å²) in [7, 11) is 3.30. The molecular formula is C20H23N9O3. The highest BCUT2D eigenvalue weighted by Gasteiger charge is 2.28. The molecule has 0 spiro atoms. The van der Waals surface area contributed by atoms with Crippen LogP contribution in [0.4, 0.5) is 22.0 Å². The second-order valence-electron chi connectivity index (χ2n) is 7.34. The predicted molar refractivity (Wildman–Crippen MR) is 115 cm³/mol. The number of rotatable bonds is 7. The molecule has 3 aromatic heterocycles. The van der Waals surface area contributed by atoms with Crippen molar-refractivity contribution in [1.29, 1.82) is 0 Å². The number of carbonyl (C=O) groups is 2. The Bertz CT molecular complexity index is 1130. The molecule has 0 saturated heterocycles. The summed E-state index contributed by atoms with van der Waals surface area (Å²) in [6.45, 7) is 2.36. The first-order valence-electron chi connectivity index (χ1n) is 10.1. The van der Waals surface area contributed by atoms with Crippen LogP contribution in [0.5, 0.6) is 5.88 Å². The van der Waals surface area contributed by atoms with Crippen molar-refractivity contribution in [3.8, 4) is 5.88 Å². The molecule has 1 saturated carbocycles. The highest BCUT2D eigenvalue weighted by atomic mass is 16.6. The molecule has 166 valence electrons. The number of carbonyl (C=O) groups excluding carboxylic acids is 2. The minimum absolute atomic E-state index is 0.0122. The third-order valence-electron chi connectivity index (χ3n) is 4.97. The molecule has 1 fully saturated rings. The summed E-state index contributed by atoms with van der Waals surface area (Å²) >= 11 is 0. The zero-order valence-corrected chi connectivity index (χ0v) is 17.9. The van der Waals surface area contributed by atoms with Gasteiger partial charge in [-0.3, -0.25) is 14.8 Å². The summed E-state index contributed by atoms with van der Waals surface area (Å²) in [5.74, 6) is 0.296. The summed E-state index contributed by atoms with van der Waals surface area (Å²) in [5.41, 5.74) is 1.79. The van der Waals surface area contributed by atoms with Crippen molar-refractivity contribution in [1.82, 2.24) is 34.6 Å². The fourth-order valence-corrected chi connectivity index (χ4v) is 2.95. The van der Waals surface area contributed by atoms with Crippen LogP contribution in [0.15, 0.2) is 31.1 Å². The van der Waals surface area contributed by atoms with Gasteiger partial charge in [-0.05, 0) is 19.8 Å². The van der Waals surface area contributed by atoms with E-state index in [1.54, 1.807) is 32.7 Å². The number of ether oxygens (including phenoxy) is 1. The molecule has 0 unspecified atom stereocenters. The Labute approximate surface area is 184 Å². The molecule has 12 nitrogen and oxygen atoms in total. The number of nitrogens with zero attached hydrogens (tertiary/aromatic N) is 7. The van der Waals surface area contributed by atoms with E-state index in [1.807, 2.05) is 6.92 Å². The fraction of sp³-hybridized carbons (Fsp3) is 0.350. The monoisotopic (exact) mass is 437 g/mol. The first-order chi connectivity index (χ1) is 15.5. The van der Waals surface area contributed by atoms with E-state index < -0.39 is 6.09 Å². The highest BCUT2D eigenvalue weighted by Crippen LogP contribution is 2.40. The summed E-state index contributed by atoms with van der Waals surface area (Å²) in [6.07, 6.45) is 8.80. The van der Waals surface area contributed by atoms with E-state index in [4.69, 9.17) is 4.74 Å². The van der Waals surface area contributed by atoms with Gasteiger partial charge in [0.2, 0.25) is 0 Å². The smallest absolute Gasteiger partial charge is 0.387 e. The largest absolute Gasteiger partial charge is 0.418 e. The maximum absolute atomic E-state index is 12.7. The SMILES string of the molecule is CCN(C)C(=O)c1c(NC(=O)Oc2nc(C3CC3)cnc2Nc2cncnc2)cnn1C. The van der Waals surface area contributed by atoms with Gasteiger partial charge in [0.25, 0.3) is 11.8 Å². The average molecular weight is 437 g/mol. The molecule has 0 bridgehead atoms. The van der Waals surface area contributed by atoms with E-state index in [9.17, 15) is 9.59 Å². The van der Waals surface area contributed by atoms with Crippen LogP contribution in [0.25, 0.3) is 0 Å². The molecule has 3 heterocycles. The molecule has 4 rings (SSSR count). The summed E-state index contributed by atoms with van der Waals surface area (Å²) in [4.78, 5) is 43.6. The number of nitrogens with one attached hydrogen (secondary N) is 2. The van der Waals surface area contributed by atoms with Crippen molar-refractivity contribution in [3.63, 3.8) is 0 Å². The minimum atomic E-state index is -0.819. The Hall–Kier alpha value is -4.09. The zero-order chi connectivity index (χ0) is 22.7. The maximum atomic E-state index is 12.7. The standard InChI is InChI=1S/C20H23N9O3/c1-4-28(2)19(30)16-15(10-24-29(16)3)27-20(31)32-18-17(25-13-7-21-11-22-8-13)23-9-14(26-18)12-5-6-12/h7-12H,4-6H2,1-3H3,(H,23,25)(H,27,31). The van der Waals surface area contributed by atoms with Crippen LogP contribution in [-0.2, 0) is 7.05 Å². The molecule has 1 aliphatic carbocycles. The first-order valence-corrected chi connectivity index (χ1v) is 10.1. The number of hydrogen-bond donors (Lipinski definition) is 2. The lowest BCUT2D eigenvalue weighted by atomic mass is 10.3. The molecule has 2 N–H and O–H groups in total. The lowest BCUT2D eigenvalue weighted by molar-refractivity contribution is 0.0792. The Morgan fingerprint density at radius 3 is 2.66 bits per heavy atom. The van der Waals surface area contributed by atoms with Gasteiger partial charge in [-0.2, -0.15) is 5.10 Å². The van der Waals surface area contributed by atoms with E-state index in [1.165, 1.54) is 22.1 Å². The van der Waals surface area contributed by atoms with Crippen LogP contribution in [0.3, 0.4) is 0 Å². The molecule has 32 heavy (non-hydrogen) atoms. The Kier molecular flexibility index (Phi) is 5.92. The van der Waals surface area contributed by atoms with Crippen molar-refractivity contribution in [3.05, 3.63) is 42.5 Å². The molecule has 1 aliphatic rings. The maximum Gasteiger partial charge on any atom is 0.418 e. The zero-order valence-electron chi connectivity index (χ0n) is 17.9. The Morgan fingerprint density at radius 2 is 1.97 bits per heavy atom. The van der Waals surface area contributed by atoms with Gasteiger partial charge in [-0.25, -0.2) is 24.7 Å². The third-order valence-corrected chi connectivity index (χ3v) is 4.97. The van der Waals surface area contributed by atoms with Gasteiger partial charge in [0, 0.05) is 26.6 Å². The van der Waals surface area contributed by atoms with Gasteiger partial charge in [0.05, 0.1) is 41.9 Å². The van der Waals surface area contributed by atoms with Crippen molar-refractivity contribution >= 4 is 29.2 Å². The normalized spacial score (nSPS) is 12.8. The average Bonchev–Trinajstić information content (AvgIpc) is 3.58. The number of anilines is 3. The summed E-state index contributed by atoms with van der Waals surface area (Å²) in [6, 6.07) is 0. The second kappa shape index (κ2) is 8.96. The molecule has 3 aromatic rings. The van der Waals surface area contributed by atoms with Gasteiger partial charge in [0.1, 0.15) is 12.0 Å². The quantitative estimate of drug-likeness (QED) is 0.570. The predicted octanol–water partition coefficient (Wildman–Crippen LogP) is 2.32. The van der Waals surface area contributed by atoms with Crippen molar-refractivity contribution in [2.45, 2.75) is 25.7 Å². The van der Waals surface area contributed by atoms with E-state index in [2.05, 4.69) is 35.7 Å². The number of hydrogen-bond acceptors (Lipinski definition) is 9. The highest BCUT2D eigenvalue weighted by molar-refractivity contribution is 6.01. The summed E-state index contributed by atoms with van der Waals surface area (Å²) < 4.78 is 6.88. The van der Waals surface area contributed by atoms with Crippen LogP contribution in [0, 0.1) is 0 Å². The lowest BCUT2D eigenvalue weighted by Gasteiger charge is -2.16. The van der Waals surface area contributed by atoms with Crippen LogP contribution in [0.1, 0.15) is 41.9 Å². The Morgan fingerprint density at radius 1 is 1.22 bits per heavy atom. The number of amides is 2. The van der Waals surface area contributed by atoms with E-state index in [0.29, 0.717) is 18.2 Å². The Balaban J connectivity index is 1.55. The van der Waals surface area contributed by atoms with Gasteiger partial charge in [0.15, 0.2) is 5.82 Å². The van der Waals surface area contributed by atoms with Gasteiger partial charge < -0.3 is 15.0 Å². The lowest BCUT2D eigenvalue weighted by Crippen LogP contribution is -2.29. The molecule has 0 aromatic carbocycles. The van der Waals surface area contributed by atoms with Gasteiger partial charge in [-0.15, -0.1) is 0 Å². The molecular weight excluding hydrogens is 414 g/mol. The van der Waals surface area contributed by atoms with Crippen LogP contribution < -0.4 is 15.4 Å². The molecule has 12 heteroatoms. The fourth-order valence-electron chi connectivity index (χ4n) is 2.95. The van der Waals surface area contributed by atoms with Crippen molar-refractivity contribution < 1.29 is 14.3 Å². The molecule has 0 aliphatic heterocycles. The van der Waals surface area contributed by atoms with Crippen molar-refractivity contribution in [2.24, 2.45) is 7.05 Å². The number of aryl methyl sites for hydroxylation is 1. The number of aromatic nitrogens is 6. The second-order valence-corrected chi connectivity index (χ2v) is 7.34. The topological polar surface area (TPSA) is 140 Å². The van der Waals surface area contributed by atoms with Gasteiger partial charge >= 0.3 is 6.09 Å². The van der Waals surface area contributed by atoms with Crippen molar-refractivity contribution in [2.75, 3.05) is 24.2 Å². The molecule has 0 atom stereocenters. The van der Waals surface area contributed by atoms with E-state index in [-0.39, 0.29) is 29.0 Å². The van der Waals surface area contributed by atoms with E-state index in [0.717, 1.165) is 18.5 Å². The molecule has 0 radical (unpaired) electrons. The third kappa shape index (κ3) is 4.63. The summed E-state index contributed by atoms with van der Waals surface area (Å²) in [5, 5.41) is 9.66.